The van der Waals surface area contributed by atoms with Gasteiger partial charge < -0.3 is 10.0 Å². The molecule has 130 valence electrons. The van der Waals surface area contributed by atoms with E-state index < -0.39 is 6.10 Å². The monoisotopic (exact) mass is 331 g/mol. The van der Waals surface area contributed by atoms with Gasteiger partial charge >= 0.3 is 0 Å². The number of amides is 1. The van der Waals surface area contributed by atoms with Crippen LogP contribution in [0.4, 0.5) is 0 Å². The fourth-order valence-corrected chi connectivity index (χ4v) is 3.27. The van der Waals surface area contributed by atoms with Gasteiger partial charge in [0.2, 0.25) is 5.91 Å². The highest BCUT2D eigenvalue weighted by atomic mass is 16.3. The molecule has 1 amide bonds. The van der Waals surface area contributed by atoms with E-state index >= 15 is 0 Å². The van der Waals surface area contributed by atoms with Crippen molar-refractivity contribution in [2.24, 2.45) is 5.92 Å². The lowest BCUT2D eigenvalue weighted by atomic mass is 10.0. The van der Waals surface area contributed by atoms with E-state index in [9.17, 15) is 9.90 Å². The number of aromatic nitrogens is 4. The van der Waals surface area contributed by atoms with E-state index in [0.29, 0.717) is 32.4 Å². The highest BCUT2D eigenvalue weighted by molar-refractivity contribution is 5.76. The Morgan fingerprint density at radius 2 is 2.08 bits per heavy atom. The molecule has 7 nitrogen and oxygen atoms in total. The van der Waals surface area contributed by atoms with Crippen LogP contribution in [0.25, 0.3) is 0 Å². The van der Waals surface area contributed by atoms with Crippen LogP contribution in [0.15, 0.2) is 6.07 Å². The maximum absolute atomic E-state index is 12.4. The third-order valence-electron chi connectivity index (χ3n) is 4.92. The summed E-state index contributed by atoms with van der Waals surface area (Å²) in [6.45, 7) is 6.94. The van der Waals surface area contributed by atoms with Gasteiger partial charge in [0.05, 0.1) is 17.5 Å². The maximum Gasteiger partial charge on any atom is 0.223 e. The number of carbonyl (C=O) groups is 1. The smallest absolute Gasteiger partial charge is 0.223 e. The molecule has 0 bridgehead atoms. The van der Waals surface area contributed by atoms with Crippen molar-refractivity contribution in [2.75, 3.05) is 13.1 Å². The largest absolute Gasteiger partial charge is 0.391 e. The summed E-state index contributed by atoms with van der Waals surface area (Å²) >= 11 is 0. The van der Waals surface area contributed by atoms with Gasteiger partial charge in [-0.1, -0.05) is 0 Å². The van der Waals surface area contributed by atoms with Crippen molar-refractivity contribution < 1.29 is 9.90 Å². The summed E-state index contributed by atoms with van der Waals surface area (Å²) in [5.41, 5.74) is 5.06. The molecule has 0 aromatic carbocycles. The minimum atomic E-state index is -0.486. The average Bonchev–Trinajstić information content (AvgIpc) is 3.21. The quantitative estimate of drug-likeness (QED) is 0.763. The average molecular weight is 331 g/mol. The normalized spacial score (nSPS) is 20.8. The van der Waals surface area contributed by atoms with Crippen molar-refractivity contribution >= 4 is 5.91 Å². The fraction of sp³-hybridized carbons (Fsp3) is 0.588. The molecule has 0 unspecified atom stereocenters. The van der Waals surface area contributed by atoms with E-state index in [1.165, 1.54) is 0 Å². The van der Waals surface area contributed by atoms with Gasteiger partial charge in [-0.05, 0) is 38.8 Å². The van der Waals surface area contributed by atoms with Crippen LogP contribution >= 0.6 is 0 Å². The van der Waals surface area contributed by atoms with Gasteiger partial charge in [-0.25, -0.2) is 0 Å². The molecule has 24 heavy (non-hydrogen) atoms. The van der Waals surface area contributed by atoms with Gasteiger partial charge in [0.25, 0.3) is 0 Å². The Morgan fingerprint density at radius 1 is 1.29 bits per heavy atom. The van der Waals surface area contributed by atoms with Gasteiger partial charge in [-0.15, -0.1) is 0 Å². The van der Waals surface area contributed by atoms with Crippen molar-refractivity contribution in [1.29, 1.82) is 0 Å². The van der Waals surface area contributed by atoms with Crippen LogP contribution in [0.5, 0.6) is 0 Å². The van der Waals surface area contributed by atoms with E-state index in [1.807, 2.05) is 26.8 Å². The fourth-order valence-electron chi connectivity index (χ4n) is 3.27. The number of likely N-dealkylation sites (tertiary alicyclic amines) is 1. The first-order chi connectivity index (χ1) is 11.4. The summed E-state index contributed by atoms with van der Waals surface area (Å²) in [6, 6.07) is 1.99. The van der Waals surface area contributed by atoms with Gasteiger partial charge in [0, 0.05) is 43.2 Å². The molecule has 1 aliphatic heterocycles. The minimum absolute atomic E-state index is 0.0472. The highest BCUT2D eigenvalue weighted by Crippen LogP contribution is 2.22. The van der Waals surface area contributed by atoms with Crippen LogP contribution in [0, 0.1) is 26.7 Å². The Balaban J connectivity index is 1.53. The Kier molecular flexibility index (Phi) is 4.71. The topological polar surface area (TPSA) is 97.9 Å². The second-order valence-corrected chi connectivity index (χ2v) is 6.79. The molecule has 2 aromatic rings. The van der Waals surface area contributed by atoms with Crippen LogP contribution in [0.1, 0.15) is 34.8 Å². The maximum atomic E-state index is 12.4. The summed E-state index contributed by atoms with van der Waals surface area (Å²) < 4.78 is 0. The van der Waals surface area contributed by atoms with E-state index in [1.54, 1.807) is 4.90 Å². The molecule has 2 aromatic heterocycles. The number of aryl methyl sites for hydroxylation is 3. The first-order valence-corrected chi connectivity index (χ1v) is 8.41. The van der Waals surface area contributed by atoms with Gasteiger partial charge in [0.15, 0.2) is 0 Å². The van der Waals surface area contributed by atoms with Gasteiger partial charge in [0.1, 0.15) is 0 Å². The third-order valence-corrected chi connectivity index (χ3v) is 4.92. The van der Waals surface area contributed by atoms with E-state index in [-0.39, 0.29) is 11.8 Å². The summed E-state index contributed by atoms with van der Waals surface area (Å²) in [6.07, 6.45) is 1.25. The number of hydrogen-bond donors (Lipinski definition) is 3. The molecule has 1 saturated heterocycles. The van der Waals surface area contributed by atoms with Crippen molar-refractivity contribution in [3.63, 3.8) is 0 Å². The second-order valence-electron chi connectivity index (χ2n) is 6.79. The lowest BCUT2D eigenvalue weighted by molar-refractivity contribution is -0.130. The number of nitrogens with zero attached hydrogens (tertiary/aromatic N) is 3. The first kappa shape index (κ1) is 16.7. The number of H-pyrrole nitrogens is 2. The summed E-state index contributed by atoms with van der Waals surface area (Å²) in [7, 11) is 0. The Hall–Kier alpha value is -2.15. The zero-order valence-electron chi connectivity index (χ0n) is 14.5. The first-order valence-electron chi connectivity index (χ1n) is 8.41. The van der Waals surface area contributed by atoms with Crippen LogP contribution < -0.4 is 0 Å². The summed E-state index contributed by atoms with van der Waals surface area (Å²) in [5, 5.41) is 24.6. The van der Waals surface area contributed by atoms with Crippen molar-refractivity contribution in [2.45, 2.75) is 46.1 Å². The van der Waals surface area contributed by atoms with Crippen molar-refractivity contribution in [3.05, 3.63) is 34.4 Å². The Morgan fingerprint density at radius 3 is 2.71 bits per heavy atom. The minimum Gasteiger partial charge on any atom is -0.391 e. The number of rotatable bonds is 5. The second kappa shape index (κ2) is 6.76. The predicted molar refractivity (Wildman–Crippen MR) is 89.5 cm³/mol. The summed E-state index contributed by atoms with van der Waals surface area (Å²) in [4.78, 5) is 14.2. The molecule has 7 heteroatoms. The number of aromatic amines is 2. The molecule has 0 radical (unpaired) electrons. The molecule has 0 aliphatic carbocycles. The number of hydrogen-bond acceptors (Lipinski definition) is 4. The standard InChI is InChI=1S/C17H25N5O2/c1-10-6-14(20-18-10)7-13-8-22(9-16(13)23)17(24)5-4-15-11(2)12(3)19-21-15/h6,13,16,23H,4-5,7-9H2,1-3H3,(H,18,20)(H,19,21)/t13-,16-/m1/s1. The number of β-amino-alcohol motifs (C(OH)–C–C–N with tert-alkyl or cyclic N) is 1. The molecular weight excluding hydrogens is 306 g/mol. The number of nitrogens with one attached hydrogen (secondary N) is 2. The molecule has 2 atom stereocenters. The van der Waals surface area contributed by atoms with E-state index in [4.69, 9.17) is 0 Å². The predicted octanol–water partition coefficient (Wildman–Crippen LogP) is 1.05. The third kappa shape index (κ3) is 3.51. The zero-order chi connectivity index (χ0) is 17.3. The zero-order valence-corrected chi connectivity index (χ0v) is 14.5. The van der Waals surface area contributed by atoms with Crippen LogP contribution in [0.3, 0.4) is 0 Å². The van der Waals surface area contributed by atoms with E-state index in [0.717, 1.165) is 28.3 Å². The summed E-state index contributed by atoms with van der Waals surface area (Å²) in [5.74, 6) is 0.126. The molecular formula is C17H25N5O2. The van der Waals surface area contributed by atoms with Gasteiger partial charge in [-0.3, -0.25) is 15.0 Å². The number of carbonyl (C=O) groups excluding carboxylic acids is 1. The lowest BCUT2D eigenvalue weighted by Crippen LogP contribution is -2.29. The Bertz CT molecular complexity index is 720. The molecule has 1 fully saturated rings. The molecule has 3 heterocycles. The highest BCUT2D eigenvalue weighted by Gasteiger charge is 2.34. The number of aliphatic hydroxyl groups excluding tert-OH is 1. The molecule has 0 saturated carbocycles. The molecule has 0 spiro atoms. The molecule has 1 aliphatic rings. The van der Waals surface area contributed by atoms with Crippen molar-refractivity contribution in [3.8, 4) is 0 Å². The van der Waals surface area contributed by atoms with E-state index in [2.05, 4.69) is 20.4 Å². The molecule has 3 N–H and O–H groups in total. The van der Waals surface area contributed by atoms with Crippen molar-refractivity contribution in [1.82, 2.24) is 25.3 Å². The lowest BCUT2D eigenvalue weighted by Gasteiger charge is -2.15. The Labute approximate surface area is 141 Å². The van der Waals surface area contributed by atoms with Gasteiger partial charge in [-0.2, -0.15) is 10.2 Å². The van der Waals surface area contributed by atoms with Crippen LogP contribution in [0.2, 0.25) is 0 Å². The number of aliphatic hydroxyl groups is 1. The van der Waals surface area contributed by atoms with Crippen LogP contribution in [-0.2, 0) is 17.6 Å². The van der Waals surface area contributed by atoms with Crippen LogP contribution in [-0.4, -0.2) is 55.5 Å². The SMILES string of the molecule is Cc1cc(C[C@@H]2CN(C(=O)CCc3n[nH]c(C)c3C)C[C@H]2O)n[nH]1. The molecule has 3 rings (SSSR count).